The van der Waals surface area contributed by atoms with Crippen LogP contribution in [0.3, 0.4) is 0 Å². The fraction of sp³-hybridized carbons (Fsp3) is 0.548. The minimum atomic E-state index is -4.25. The Kier molecular flexibility index (Phi) is 11.7. The zero-order valence-corrected chi connectivity index (χ0v) is 26.0. The fourth-order valence-corrected chi connectivity index (χ4v) is 7.36. The van der Waals surface area contributed by atoms with Crippen LogP contribution in [0.5, 0.6) is 0 Å². The van der Waals surface area contributed by atoms with Crippen molar-refractivity contribution in [3.8, 4) is 0 Å². The summed E-state index contributed by atoms with van der Waals surface area (Å²) >= 11 is 0. The van der Waals surface area contributed by atoms with E-state index in [4.69, 9.17) is 15.9 Å². The number of fused-ring (bicyclic) bond motifs is 1. The zero-order valence-electron chi connectivity index (χ0n) is 25.2. The average Bonchev–Trinajstić information content (AvgIpc) is 3.02. The van der Waals surface area contributed by atoms with Crippen LogP contribution in [-0.2, 0) is 29.1 Å². The zero-order chi connectivity index (χ0) is 31.7. The molecule has 2 unspecified atom stereocenters. The minimum Gasteiger partial charge on any atom is -0.465 e. The molecule has 1 saturated carbocycles. The summed E-state index contributed by atoms with van der Waals surface area (Å²) < 4.78 is 35.0. The molecule has 2 aromatic rings. The largest absolute Gasteiger partial charge is 0.465 e. The van der Waals surface area contributed by atoms with E-state index in [0.717, 1.165) is 44.0 Å². The summed E-state index contributed by atoms with van der Waals surface area (Å²) in [6.07, 6.45) is 5.24. The van der Waals surface area contributed by atoms with Crippen molar-refractivity contribution in [2.24, 2.45) is 11.7 Å². The highest BCUT2D eigenvalue weighted by molar-refractivity contribution is 7.89. The van der Waals surface area contributed by atoms with E-state index < -0.39 is 40.3 Å². The number of hydrogen-bond donors (Lipinski definition) is 5. The second kappa shape index (κ2) is 15.4. The van der Waals surface area contributed by atoms with Gasteiger partial charge in [-0.2, -0.15) is 4.72 Å². The second-order valence-electron chi connectivity index (χ2n) is 11.5. The maximum absolute atomic E-state index is 14.1. The Morgan fingerprint density at radius 2 is 1.80 bits per heavy atom. The fourth-order valence-electron chi connectivity index (χ4n) is 6.14. The number of amidine groups is 1. The number of amides is 2. The molecule has 240 valence electrons. The van der Waals surface area contributed by atoms with Gasteiger partial charge in [0.15, 0.2) is 0 Å². The normalized spacial score (nSPS) is 20.0. The molecule has 2 aromatic carbocycles. The number of ether oxygens (including phenoxy) is 1. The number of hydrogen-bond acceptors (Lipinski definition) is 8. The Morgan fingerprint density at radius 1 is 1.07 bits per heavy atom. The second-order valence-corrected chi connectivity index (χ2v) is 13.3. The number of esters is 1. The number of piperidine rings is 1. The summed E-state index contributed by atoms with van der Waals surface area (Å²) in [6, 6.07) is 9.88. The number of nitrogens with one attached hydrogen (secondary N) is 4. The van der Waals surface area contributed by atoms with E-state index >= 15 is 0 Å². The average molecular weight is 629 g/mol. The van der Waals surface area contributed by atoms with Gasteiger partial charge >= 0.3 is 5.97 Å². The molecule has 1 heterocycles. The highest BCUT2D eigenvalue weighted by Crippen LogP contribution is 2.25. The van der Waals surface area contributed by atoms with Gasteiger partial charge in [0.1, 0.15) is 18.4 Å². The van der Waals surface area contributed by atoms with Gasteiger partial charge in [0.25, 0.3) is 0 Å². The van der Waals surface area contributed by atoms with Gasteiger partial charge in [0.05, 0.1) is 24.0 Å². The van der Waals surface area contributed by atoms with Gasteiger partial charge in [0, 0.05) is 12.6 Å². The van der Waals surface area contributed by atoms with E-state index in [1.165, 1.54) is 17.0 Å². The monoisotopic (exact) mass is 628 g/mol. The quantitative estimate of drug-likeness (QED) is 0.127. The third-order valence-electron chi connectivity index (χ3n) is 8.40. The maximum Gasteiger partial charge on any atom is 0.325 e. The number of nitrogens with zero attached hydrogens (tertiary/aromatic N) is 1. The first-order valence-corrected chi connectivity index (χ1v) is 16.9. The van der Waals surface area contributed by atoms with Crippen molar-refractivity contribution in [2.45, 2.75) is 81.3 Å². The predicted molar refractivity (Wildman–Crippen MR) is 167 cm³/mol. The summed E-state index contributed by atoms with van der Waals surface area (Å²) in [5.74, 6) is -1.90. The molecule has 1 aliphatic carbocycles. The van der Waals surface area contributed by atoms with Crippen LogP contribution in [0.1, 0.15) is 58.3 Å². The lowest BCUT2D eigenvalue weighted by Crippen LogP contribution is -2.55. The van der Waals surface area contributed by atoms with Crippen LogP contribution in [0.25, 0.3) is 10.8 Å². The Balaban J connectivity index is 1.59. The van der Waals surface area contributed by atoms with Gasteiger partial charge in [-0.15, -0.1) is 0 Å². The molecule has 3 atom stereocenters. The molecular formula is C31H44N6O6S. The van der Waals surface area contributed by atoms with Crippen LogP contribution in [0.2, 0.25) is 0 Å². The summed E-state index contributed by atoms with van der Waals surface area (Å²) in [4.78, 5) is 41.3. The van der Waals surface area contributed by atoms with Crippen LogP contribution in [0, 0.1) is 11.3 Å². The highest BCUT2D eigenvalue weighted by atomic mass is 32.2. The van der Waals surface area contributed by atoms with Crippen LogP contribution in [0.15, 0.2) is 47.4 Å². The molecule has 1 aliphatic heterocycles. The first-order valence-electron chi connectivity index (χ1n) is 15.4. The third-order valence-corrected chi connectivity index (χ3v) is 9.87. The summed E-state index contributed by atoms with van der Waals surface area (Å²) in [5.41, 5.74) is 5.75. The molecule has 2 amide bonds. The van der Waals surface area contributed by atoms with Crippen molar-refractivity contribution in [1.29, 1.82) is 5.41 Å². The molecule has 44 heavy (non-hydrogen) atoms. The van der Waals surface area contributed by atoms with E-state index in [9.17, 15) is 22.8 Å². The number of carbonyl (C=O) groups is 3. The molecular weight excluding hydrogens is 584 g/mol. The SMILES string of the molecule is CCOC(=O)CN(C(=O)[C@H](CC(=O)NCC1CCCNC1C(=N)N)NS(=O)(=O)c1ccc2ccccc2c1)C1CCCCC1. The smallest absolute Gasteiger partial charge is 0.325 e. The minimum absolute atomic E-state index is 0.0118. The van der Waals surface area contributed by atoms with Gasteiger partial charge in [-0.1, -0.05) is 49.6 Å². The summed E-state index contributed by atoms with van der Waals surface area (Å²) in [6.45, 7) is 2.42. The van der Waals surface area contributed by atoms with Crippen molar-refractivity contribution in [3.63, 3.8) is 0 Å². The molecule has 2 fully saturated rings. The van der Waals surface area contributed by atoms with Crippen molar-refractivity contribution in [3.05, 3.63) is 42.5 Å². The van der Waals surface area contributed by atoms with E-state index in [2.05, 4.69) is 15.4 Å². The highest BCUT2D eigenvalue weighted by Gasteiger charge is 2.36. The van der Waals surface area contributed by atoms with Gasteiger partial charge in [-0.05, 0) is 68.0 Å². The predicted octanol–water partition coefficient (Wildman–Crippen LogP) is 2.02. The lowest BCUT2D eigenvalue weighted by atomic mass is 9.90. The van der Waals surface area contributed by atoms with Crippen LogP contribution >= 0.6 is 0 Å². The lowest BCUT2D eigenvalue weighted by molar-refractivity contribution is -0.151. The third kappa shape index (κ3) is 8.76. The molecule has 2 aliphatic rings. The van der Waals surface area contributed by atoms with E-state index in [1.54, 1.807) is 25.1 Å². The number of rotatable bonds is 13. The van der Waals surface area contributed by atoms with Gasteiger partial charge in [-0.25, -0.2) is 8.42 Å². The molecule has 0 spiro atoms. The van der Waals surface area contributed by atoms with E-state index in [0.29, 0.717) is 18.2 Å². The first kappa shape index (κ1) is 33.3. The number of benzene rings is 2. The van der Waals surface area contributed by atoms with Gasteiger partial charge < -0.3 is 26.0 Å². The van der Waals surface area contributed by atoms with Gasteiger partial charge in [-0.3, -0.25) is 19.8 Å². The molecule has 1 saturated heterocycles. The van der Waals surface area contributed by atoms with Crippen LogP contribution < -0.4 is 21.1 Å². The Labute approximate surface area is 259 Å². The number of sulfonamides is 1. The van der Waals surface area contributed by atoms with E-state index in [1.807, 2.05) is 12.1 Å². The van der Waals surface area contributed by atoms with Crippen molar-refractivity contribution in [2.75, 3.05) is 26.2 Å². The molecule has 12 nitrogen and oxygen atoms in total. The molecule has 0 bridgehead atoms. The summed E-state index contributed by atoms with van der Waals surface area (Å²) in [7, 11) is -4.25. The van der Waals surface area contributed by atoms with Crippen molar-refractivity contribution < 1.29 is 27.5 Å². The lowest BCUT2D eigenvalue weighted by Gasteiger charge is -2.36. The Bertz CT molecular complexity index is 1440. The molecule has 4 rings (SSSR count). The number of nitrogens with two attached hydrogens (primary N) is 1. The summed E-state index contributed by atoms with van der Waals surface area (Å²) in [5, 5.41) is 15.5. The first-order chi connectivity index (χ1) is 21.1. The Hall–Kier alpha value is -3.55. The molecule has 6 N–H and O–H groups in total. The molecule has 0 aromatic heterocycles. The molecule has 13 heteroatoms. The topological polar surface area (TPSA) is 184 Å². The van der Waals surface area contributed by atoms with Crippen LogP contribution in [-0.4, -0.2) is 81.3 Å². The standard InChI is InChI=1S/C31H44N6O6S/c1-2-43-28(39)20-37(24-12-4-3-5-13-24)31(40)26(18-27(38)35-19-23-11-8-16-34-29(23)30(32)33)36-44(41,42)25-15-14-21-9-6-7-10-22(21)17-25/h6-7,9-10,14-15,17,23-24,26,29,34,36H,2-5,8,11-13,16,18-20H2,1H3,(H3,32,33)(H,35,38)/t23?,26-,29?/m0/s1. The van der Waals surface area contributed by atoms with Crippen molar-refractivity contribution in [1.82, 2.24) is 20.3 Å². The van der Waals surface area contributed by atoms with Crippen molar-refractivity contribution >= 4 is 44.4 Å². The number of carbonyl (C=O) groups excluding carboxylic acids is 3. The van der Waals surface area contributed by atoms with Gasteiger partial charge in [0.2, 0.25) is 21.8 Å². The van der Waals surface area contributed by atoms with E-state index in [-0.39, 0.29) is 48.4 Å². The maximum atomic E-state index is 14.1. The molecule has 0 radical (unpaired) electrons. The van der Waals surface area contributed by atoms with Crippen LogP contribution in [0.4, 0.5) is 0 Å². The Morgan fingerprint density at radius 3 is 2.50 bits per heavy atom.